The van der Waals surface area contributed by atoms with Crippen LogP contribution in [0.3, 0.4) is 0 Å². The second-order valence-electron chi connectivity index (χ2n) is 5.67. The van der Waals surface area contributed by atoms with Gasteiger partial charge in [0, 0.05) is 25.9 Å². The quantitative estimate of drug-likeness (QED) is 0.0575. The molecular formula is C15H24I2N2O8. The Bertz CT molecular complexity index is 520. The van der Waals surface area contributed by atoms with E-state index in [1.807, 2.05) is 22.6 Å². The predicted octanol–water partition coefficient (Wildman–Crippen LogP) is -1.81. The molecule has 0 radical (unpaired) electrons. The lowest BCUT2D eigenvalue weighted by molar-refractivity contribution is -0.154. The van der Waals surface area contributed by atoms with Gasteiger partial charge in [0.2, 0.25) is 5.91 Å². The summed E-state index contributed by atoms with van der Waals surface area (Å²) in [5, 5.41) is 44.0. The van der Waals surface area contributed by atoms with E-state index in [4.69, 9.17) is 0 Å². The van der Waals surface area contributed by atoms with E-state index < -0.39 is 36.1 Å². The maximum Gasteiger partial charge on any atom is 0.251 e. The largest absolute Gasteiger partial charge is 0.387 e. The molecule has 0 aliphatic heterocycles. The van der Waals surface area contributed by atoms with Crippen molar-refractivity contribution in [3.63, 3.8) is 0 Å². The van der Waals surface area contributed by atoms with Crippen LogP contribution in [0.5, 0.6) is 0 Å². The van der Waals surface area contributed by atoms with Crippen LogP contribution in [0.4, 0.5) is 0 Å². The van der Waals surface area contributed by atoms with Crippen molar-refractivity contribution in [3.05, 3.63) is 0 Å². The Balaban J connectivity index is 4.35. The van der Waals surface area contributed by atoms with Crippen LogP contribution in [0.15, 0.2) is 0 Å². The lowest BCUT2D eigenvalue weighted by Crippen LogP contribution is -2.52. The summed E-state index contributed by atoms with van der Waals surface area (Å²) in [5.41, 5.74) is 0. The number of carbonyl (C=O) groups excluding carboxylic acids is 4. The van der Waals surface area contributed by atoms with Crippen LogP contribution in [0, 0.1) is 0 Å². The van der Waals surface area contributed by atoms with Gasteiger partial charge in [0.05, 0.1) is 4.43 Å². The maximum atomic E-state index is 11.8. The van der Waals surface area contributed by atoms with Gasteiger partial charge in [-0.2, -0.15) is 0 Å². The number of aliphatic hydroxyl groups excluding tert-OH is 4. The van der Waals surface area contributed by atoms with Crippen molar-refractivity contribution in [3.8, 4) is 0 Å². The molecule has 0 saturated heterocycles. The molecule has 0 fully saturated rings. The van der Waals surface area contributed by atoms with Gasteiger partial charge < -0.3 is 31.1 Å². The second-order valence-corrected chi connectivity index (χ2v) is 7.64. The van der Waals surface area contributed by atoms with Gasteiger partial charge in [-0.25, -0.2) is 0 Å². The number of ketones is 1. The van der Waals surface area contributed by atoms with Crippen LogP contribution < -0.4 is 10.6 Å². The summed E-state index contributed by atoms with van der Waals surface area (Å²) >= 11 is 3.49. The molecule has 0 aromatic carbocycles. The number of rotatable bonds is 14. The van der Waals surface area contributed by atoms with E-state index in [-0.39, 0.29) is 46.5 Å². The molecule has 27 heavy (non-hydrogen) atoms. The van der Waals surface area contributed by atoms with Crippen molar-refractivity contribution in [2.24, 2.45) is 0 Å². The highest BCUT2D eigenvalue weighted by atomic mass is 127. The third-order valence-corrected chi connectivity index (χ3v) is 4.72. The van der Waals surface area contributed by atoms with E-state index in [1.54, 1.807) is 22.6 Å². The summed E-state index contributed by atoms with van der Waals surface area (Å²) in [6.45, 7) is 0.293. The van der Waals surface area contributed by atoms with Crippen molar-refractivity contribution in [2.75, 3.05) is 17.5 Å². The zero-order chi connectivity index (χ0) is 21.0. The van der Waals surface area contributed by atoms with Gasteiger partial charge in [0.1, 0.15) is 18.3 Å². The molecule has 0 aromatic rings. The minimum atomic E-state index is -2.08. The zero-order valence-corrected chi connectivity index (χ0v) is 18.8. The Morgan fingerprint density at radius 3 is 1.89 bits per heavy atom. The number of nitrogens with one attached hydrogen (secondary N) is 2. The molecule has 0 aliphatic rings. The molecule has 156 valence electrons. The smallest absolute Gasteiger partial charge is 0.251 e. The van der Waals surface area contributed by atoms with E-state index in [0.717, 1.165) is 0 Å². The van der Waals surface area contributed by atoms with Crippen LogP contribution in [-0.2, 0) is 19.2 Å². The molecule has 6 N–H and O–H groups in total. The molecule has 4 atom stereocenters. The first-order valence-electron chi connectivity index (χ1n) is 8.15. The van der Waals surface area contributed by atoms with Crippen molar-refractivity contribution in [1.29, 1.82) is 0 Å². The van der Waals surface area contributed by atoms with Gasteiger partial charge in [-0.1, -0.05) is 22.6 Å². The van der Waals surface area contributed by atoms with E-state index in [1.165, 1.54) is 0 Å². The van der Waals surface area contributed by atoms with Crippen LogP contribution in [0.25, 0.3) is 0 Å². The van der Waals surface area contributed by atoms with Crippen molar-refractivity contribution < 1.29 is 39.6 Å². The third kappa shape index (κ3) is 11.2. The van der Waals surface area contributed by atoms with Crippen molar-refractivity contribution in [2.45, 2.75) is 50.1 Å². The standard InChI is InChI=1S/C15H24I2N2O8/c16-7-10(22)18-5-1-3-8(20)11(23)12(24)13(25)14(26)15(27)19-6-2-4-9(17)21/h11-14,23-26H,1-7H2,(H,18,22)(H,19,27)/t11-,12+,13+,14-/m0/s1. The van der Waals surface area contributed by atoms with Crippen LogP contribution in [-0.4, -0.2) is 83.7 Å². The highest BCUT2D eigenvalue weighted by Crippen LogP contribution is 2.09. The molecule has 0 aliphatic carbocycles. The predicted molar refractivity (Wildman–Crippen MR) is 111 cm³/mol. The molecule has 0 spiro atoms. The molecule has 10 nitrogen and oxygen atoms in total. The summed E-state index contributed by atoms with van der Waals surface area (Å²) in [7, 11) is 0. The monoisotopic (exact) mass is 614 g/mol. The Morgan fingerprint density at radius 1 is 0.815 bits per heavy atom. The van der Waals surface area contributed by atoms with Gasteiger partial charge in [0.25, 0.3) is 5.91 Å². The average Bonchev–Trinajstić information content (AvgIpc) is 2.65. The Hall–Kier alpha value is -0.420. The highest BCUT2D eigenvalue weighted by Gasteiger charge is 2.36. The maximum absolute atomic E-state index is 11.8. The number of alkyl halides is 1. The Labute approximate surface area is 183 Å². The fourth-order valence-electron chi connectivity index (χ4n) is 1.95. The number of aliphatic hydroxyl groups is 4. The lowest BCUT2D eigenvalue weighted by atomic mass is 9.97. The number of hydrogen-bond donors (Lipinski definition) is 6. The Morgan fingerprint density at radius 2 is 1.33 bits per heavy atom. The van der Waals surface area contributed by atoms with E-state index in [0.29, 0.717) is 6.42 Å². The van der Waals surface area contributed by atoms with Gasteiger partial charge >= 0.3 is 0 Å². The number of carbonyl (C=O) groups is 4. The SMILES string of the molecule is O=C(I)CCCNC(=O)[C@@H](O)[C@H](O)[C@H](O)[C@@H](O)C(=O)CCCNC(=O)CI. The molecule has 0 heterocycles. The third-order valence-electron chi connectivity index (χ3n) is 3.49. The van der Waals surface area contributed by atoms with Crippen LogP contribution >= 0.6 is 45.2 Å². The highest BCUT2D eigenvalue weighted by molar-refractivity contribution is 14.1. The molecule has 0 bridgehead atoms. The van der Waals surface area contributed by atoms with Gasteiger partial charge in [0.15, 0.2) is 15.7 Å². The summed E-state index contributed by atoms with van der Waals surface area (Å²) in [5.74, 6) is -1.99. The summed E-state index contributed by atoms with van der Waals surface area (Å²) in [6.07, 6.45) is -7.55. The van der Waals surface area contributed by atoms with E-state index in [9.17, 15) is 39.6 Å². The molecule has 0 saturated carbocycles. The summed E-state index contributed by atoms with van der Waals surface area (Å²) < 4.78 is 0.182. The first-order valence-corrected chi connectivity index (χ1v) is 10.8. The van der Waals surface area contributed by atoms with E-state index >= 15 is 0 Å². The summed E-state index contributed by atoms with van der Waals surface area (Å²) in [6, 6.07) is 0. The molecular weight excluding hydrogens is 590 g/mol. The average molecular weight is 614 g/mol. The van der Waals surface area contributed by atoms with Crippen molar-refractivity contribution in [1.82, 2.24) is 10.6 Å². The second kappa shape index (κ2) is 14.6. The van der Waals surface area contributed by atoms with Gasteiger partial charge in [-0.3, -0.25) is 19.2 Å². The van der Waals surface area contributed by atoms with E-state index in [2.05, 4.69) is 10.6 Å². The lowest BCUT2D eigenvalue weighted by Gasteiger charge is -2.25. The van der Waals surface area contributed by atoms with Gasteiger partial charge in [-0.05, 0) is 35.4 Å². The Kier molecular flexibility index (Phi) is 14.3. The molecule has 0 aromatic heterocycles. The molecule has 2 amide bonds. The van der Waals surface area contributed by atoms with Gasteiger partial charge in [-0.15, -0.1) is 0 Å². The van der Waals surface area contributed by atoms with Crippen molar-refractivity contribution >= 4 is 66.6 Å². The number of amides is 2. The minimum absolute atomic E-state index is 0.0812. The minimum Gasteiger partial charge on any atom is -0.387 e. The fourth-order valence-corrected chi connectivity index (χ4v) is 2.60. The topological polar surface area (TPSA) is 173 Å². The fraction of sp³-hybridized carbons (Fsp3) is 0.733. The number of Topliss-reactive ketones (excluding diaryl/α,β-unsaturated/α-hetero) is 1. The summed E-state index contributed by atoms with van der Waals surface area (Å²) in [4.78, 5) is 45.3. The molecule has 12 heteroatoms. The molecule has 0 unspecified atom stereocenters. The zero-order valence-electron chi connectivity index (χ0n) is 14.4. The number of halogens is 2. The molecule has 0 rings (SSSR count). The number of hydrogen-bond acceptors (Lipinski definition) is 8. The normalized spacial score (nSPS) is 15.3. The van der Waals surface area contributed by atoms with Crippen LogP contribution in [0.2, 0.25) is 0 Å². The first kappa shape index (κ1) is 26.6. The van der Waals surface area contributed by atoms with Crippen LogP contribution in [0.1, 0.15) is 25.7 Å². The first-order chi connectivity index (χ1) is 12.6.